The second-order valence-electron chi connectivity index (χ2n) is 14.2. The molecule has 21 heteroatoms. The Morgan fingerprint density at radius 1 is 0.544 bits per heavy atom. The number of aliphatic hydroxyl groups excluding tert-OH is 8. The van der Waals surface area contributed by atoms with Gasteiger partial charge in [-0.25, -0.2) is 0 Å². The number of hydrogen-bond acceptors (Lipinski definition) is 18. The summed E-state index contributed by atoms with van der Waals surface area (Å²) < 4.78 is 21.2. The lowest BCUT2D eigenvalue weighted by Gasteiger charge is -2.39. The minimum Gasteiger partial charge on any atom is -0.394 e. The molecule has 12 N–H and O–H groups in total. The highest BCUT2D eigenvalue weighted by Crippen LogP contribution is 2.23. The van der Waals surface area contributed by atoms with E-state index in [4.69, 9.17) is 24.7 Å². The number of nitrogens with two attached hydrogens (primary N) is 1. The molecular formula is C36H64N4O17. The largest absolute Gasteiger partial charge is 0.394 e. The summed E-state index contributed by atoms with van der Waals surface area (Å²) in [7, 11) is 0. The van der Waals surface area contributed by atoms with E-state index in [1.54, 1.807) is 0 Å². The van der Waals surface area contributed by atoms with E-state index in [0.29, 0.717) is 64.3 Å². The molecule has 2 saturated heterocycles. The van der Waals surface area contributed by atoms with Crippen molar-refractivity contribution in [2.45, 2.75) is 138 Å². The van der Waals surface area contributed by atoms with Crippen LogP contribution >= 0.6 is 0 Å². The highest BCUT2D eigenvalue weighted by molar-refractivity contribution is 5.90. The Kier molecular flexibility index (Phi) is 24.6. The zero-order valence-corrected chi connectivity index (χ0v) is 32.4. The van der Waals surface area contributed by atoms with Gasteiger partial charge in [-0.05, 0) is 32.1 Å². The monoisotopic (exact) mass is 824 g/mol. The Morgan fingerprint density at radius 3 is 1.60 bits per heavy atom. The van der Waals surface area contributed by atoms with Gasteiger partial charge >= 0.3 is 0 Å². The fourth-order valence-corrected chi connectivity index (χ4v) is 6.15. The van der Waals surface area contributed by atoms with E-state index in [1.165, 1.54) is 0 Å². The Bertz CT molecular complexity index is 1130. The molecule has 2 aliphatic rings. The molecule has 0 radical (unpaired) electrons. The molecule has 2 aliphatic heterocycles. The van der Waals surface area contributed by atoms with Crippen LogP contribution in [0.4, 0.5) is 0 Å². The van der Waals surface area contributed by atoms with Crippen LogP contribution in [0.3, 0.4) is 0 Å². The van der Waals surface area contributed by atoms with Gasteiger partial charge in [0.05, 0.1) is 39.5 Å². The van der Waals surface area contributed by atoms with E-state index in [9.17, 15) is 64.8 Å². The number of carbonyl (C=O) groups excluding carboxylic acids is 5. The summed E-state index contributed by atoms with van der Waals surface area (Å²) in [6, 6.07) is 0. The SMILES string of the molecule is NCC(=O)N(CC(=O)CCCCCCC(=O)NCCO[C@H]1O[C@H](CO)[C@@H](O)[C@H](O)[C@@H]1O)CC(=O)NCCCCCC(=O)CCCO[C@H]1O[C@H](CO)[C@@H](O)[C@H](O)[C@@H]1O. The third-order valence-corrected chi connectivity index (χ3v) is 9.58. The number of unbranched alkanes of at least 4 members (excludes halogenated alkanes) is 5. The summed E-state index contributed by atoms with van der Waals surface area (Å²) in [5.41, 5.74) is 5.49. The van der Waals surface area contributed by atoms with Gasteiger partial charge in [-0.3, -0.25) is 24.0 Å². The van der Waals surface area contributed by atoms with Crippen molar-refractivity contribution in [1.29, 1.82) is 0 Å². The van der Waals surface area contributed by atoms with Crippen molar-refractivity contribution >= 4 is 29.3 Å². The van der Waals surface area contributed by atoms with Gasteiger partial charge in [0.25, 0.3) is 0 Å². The third kappa shape index (κ3) is 18.4. The van der Waals surface area contributed by atoms with Crippen LogP contribution in [-0.4, -0.2) is 196 Å². The lowest BCUT2D eigenvalue weighted by Crippen LogP contribution is -2.59. The third-order valence-electron chi connectivity index (χ3n) is 9.58. The number of Topliss-reactive ketones (excluding diaryl/α,β-unsaturated/α-hetero) is 2. The zero-order valence-electron chi connectivity index (χ0n) is 32.4. The van der Waals surface area contributed by atoms with Gasteiger partial charge in [0.1, 0.15) is 61.2 Å². The van der Waals surface area contributed by atoms with Crippen molar-refractivity contribution in [3.8, 4) is 0 Å². The average Bonchev–Trinajstić information content (AvgIpc) is 3.19. The molecule has 3 amide bonds. The molecule has 2 heterocycles. The Hall–Kier alpha value is -2.77. The number of nitrogens with one attached hydrogen (secondary N) is 2. The van der Waals surface area contributed by atoms with E-state index in [1.807, 2.05) is 0 Å². The molecule has 0 aromatic heterocycles. The number of nitrogens with zero attached hydrogens (tertiary/aromatic N) is 1. The first-order valence-corrected chi connectivity index (χ1v) is 19.6. The highest BCUT2D eigenvalue weighted by atomic mass is 16.7. The normalized spacial score (nSPS) is 27.5. The highest BCUT2D eigenvalue weighted by Gasteiger charge is 2.45. The molecule has 0 aromatic rings. The molecule has 0 bridgehead atoms. The van der Waals surface area contributed by atoms with Gasteiger partial charge in [-0.2, -0.15) is 0 Å². The number of aliphatic hydroxyl groups is 8. The predicted molar refractivity (Wildman–Crippen MR) is 197 cm³/mol. The van der Waals surface area contributed by atoms with Crippen molar-refractivity contribution in [2.24, 2.45) is 5.73 Å². The van der Waals surface area contributed by atoms with Crippen LogP contribution in [-0.2, 0) is 42.9 Å². The summed E-state index contributed by atoms with van der Waals surface area (Å²) in [5.74, 6) is -1.45. The Balaban J connectivity index is 1.50. The molecular weight excluding hydrogens is 760 g/mol. The fraction of sp³-hybridized carbons (Fsp3) is 0.861. The molecule has 0 aliphatic carbocycles. The molecule has 2 fully saturated rings. The first kappa shape index (κ1) is 50.4. The van der Waals surface area contributed by atoms with Crippen LogP contribution in [0.5, 0.6) is 0 Å². The van der Waals surface area contributed by atoms with Crippen LogP contribution < -0.4 is 16.4 Å². The number of hydrogen-bond donors (Lipinski definition) is 11. The molecule has 0 saturated carbocycles. The van der Waals surface area contributed by atoms with E-state index in [2.05, 4.69) is 10.6 Å². The van der Waals surface area contributed by atoms with Crippen LogP contribution in [0.1, 0.15) is 77.0 Å². The Labute approximate surface area is 331 Å². The lowest BCUT2D eigenvalue weighted by atomic mass is 9.99. The van der Waals surface area contributed by atoms with Gasteiger partial charge in [0.2, 0.25) is 17.7 Å². The second kappa shape index (κ2) is 27.8. The maximum Gasteiger partial charge on any atom is 0.239 e. The maximum atomic E-state index is 12.6. The molecule has 0 unspecified atom stereocenters. The molecule has 57 heavy (non-hydrogen) atoms. The predicted octanol–water partition coefficient (Wildman–Crippen LogP) is -4.54. The Morgan fingerprint density at radius 2 is 1.04 bits per heavy atom. The number of amides is 3. The quantitative estimate of drug-likeness (QED) is 0.0317. The first-order chi connectivity index (χ1) is 27.2. The molecule has 0 aromatic carbocycles. The van der Waals surface area contributed by atoms with E-state index in [-0.39, 0.29) is 76.1 Å². The van der Waals surface area contributed by atoms with Crippen molar-refractivity contribution in [1.82, 2.24) is 15.5 Å². The van der Waals surface area contributed by atoms with Gasteiger partial charge in [0.15, 0.2) is 18.4 Å². The standard InChI is InChI=1S/C36H64N4O17/c37-17-28(47)40(18-23(44)10-4-1-2-6-12-26(45)39-14-16-55-36-34(53)32(51)30(49)25(21-42)57-36)19-27(46)38-13-7-3-5-9-22(43)11-8-15-54-35-33(52)31(50)29(48)24(20-41)56-35/h24-25,29-36,41-42,48-53H,1-21,37H2,(H,38,46)(H,39,45)/t24-,25-,29-,30-,31+,32+,33+,34+,35+,36+/m1/s1. The number of rotatable bonds is 29. The number of ketones is 2. The summed E-state index contributed by atoms with van der Waals surface area (Å²) in [5, 5.41) is 83.0. The summed E-state index contributed by atoms with van der Waals surface area (Å²) in [6.45, 7) is -1.67. The van der Waals surface area contributed by atoms with Gasteiger partial charge in [-0.1, -0.05) is 19.3 Å². The van der Waals surface area contributed by atoms with Crippen LogP contribution in [0, 0.1) is 0 Å². The number of carbonyl (C=O) groups is 5. The lowest BCUT2D eigenvalue weighted by molar-refractivity contribution is -0.301. The molecule has 21 nitrogen and oxygen atoms in total. The van der Waals surface area contributed by atoms with Crippen molar-refractivity contribution in [3.63, 3.8) is 0 Å². The maximum absolute atomic E-state index is 12.6. The average molecular weight is 825 g/mol. The van der Waals surface area contributed by atoms with Crippen molar-refractivity contribution < 1.29 is 83.8 Å². The zero-order chi connectivity index (χ0) is 42.3. The molecule has 330 valence electrons. The van der Waals surface area contributed by atoms with E-state index >= 15 is 0 Å². The van der Waals surface area contributed by atoms with E-state index in [0.717, 1.165) is 4.90 Å². The topological polar surface area (TPSA) is 337 Å². The summed E-state index contributed by atoms with van der Waals surface area (Å²) in [4.78, 5) is 62.8. The second-order valence-corrected chi connectivity index (χ2v) is 14.2. The van der Waals surface area contributed by atoms with E-state index < -0.39 is 86.4 Å². The first-order valence-electron chi connectivity index (χ1n) is 19.6. The van der Waals surface area contributed by atoms with Crippen LogP contribution in [0.15, 0.2) is 0 Å². The van der Waals surface area contributed by atoms with Gasteiger partial charge in [0, 0.05) is 38.8 Å². The minimum atomic E-state index is -1.56. The van der Waals surface area contributed by atoms with Crippen LogP contribution in [0.25, 0.3) is 0 Å². The molecule has 10 atom stereocenters. The van der Waals surface area contributed by atoms with Crippen molar-refractivity contribution in [2.75, 3.05) is 59.2 Å². The molecule has 2 rings (SSSR count). The molecule has 0 spiro atoms. The minimum absolute atomic E-state index is 0.00153. The smallest absolute Gasteiger partial charge is 0.239 e. The summed E-state index contributed by atoms with van der Waals surface area (Å²) >= 11 is 0. The van der Waals surface area contributed by atoms with Crippen LogP contribution in [0.2, 0.25) is 0 Å². The van der Waals surface area contributed by atoms with Gasteiger partial charge in [-0.15, -0.1) is 0 Å². The fourth-order valence-electron chi connectivity index (χ4n) is 6.15. The van der Waals surface area contributed by atoms with Crippen molar-refractivity contribution in [3.05, 3.63) is 0 Å². The number of ether oxygens (including phenoxy) is 4. The summed E-state index contributed by atoms with van der Waals surface area (Å²) in [6.07, 6.45) is -8.23. The van der Waals surface area contributed by atoms with Gasteiger partial charge < -0.3 is 81.1 Å².